The van der Waals surface area contributed by atoms with Crippen molar-refractivity contribution in [2.75, 3.05) is 6.61 Å². The summed E-state index contributed by atoms with van der Waals surface area (Å²) in [6, 6.07) is 17.6. The van der Waals surface area contributed by atoms with Gasteiger partial charge in [0.15, 0.2) is 0 Å². The number of fused-ring (bicyclic) bond motifs is 2. The van der Waals surface area contributed by atoms with Crippen LogP contribution in [-0.2, 0) is 22.1 Å². The molecule has 4 heteroatoms. The second-order valence-corrected chi connectivity index (χ2v) is 27.2. The molecule has 0 N–H and O–H groups in total. The van der Waals surface area contributed by atoms with Crippen LogP contribution in [0.25, 0.3) is 12.2 Å². The first-order valence-electron chi connectivity index (χ1n) is 9.06. The van der Waals surface area contributed by atoms with E-state index in [0.717, 1.165) is 6.61 Å². The minimum absolute atomic E-state index is 0. The Morgan fingerprint density at radius 3 is 1.81 bits per heavy atom. The molecule has 0 amide bonds. The third kappa shape index (κ3) is 4.07. The van der Waals surface area contributed by atoms with E-state index in [9.17, 15) is 0 Å². The van der Waals surface area contributed by atoms with E-state index in [1.54, 1.807) is 0 Å². The van der Waals surface area contributed by atoms with Gasteiger partial charge in [0.2, 0.25) is 0 Å². The fraction of sp³-hybridized carbons (Fsp3) is 0.273. The van der Waals surface area contributed by atoms with Crippen molar-refractivity contribution in [1.82, 2.24) is 0 Å². The zero-order chi connectivity index (χ0) is 17.4. The number of allylic oxidation sites excluding steroid dienone is 2. The van der Waals surface area contributed by atoms with E-state index >= 15 is 0 Å². The molecule has 0 saturated carbocycles. The first-order chi connectivity index (χ1) is 12.0. The van der Waals surface area contributed by atoms with Crippen LogP contribution in [0.15, 0.2) is 60.7 Å². The predicted octanol–water partition coefficient (Wildman–Crippen LogP) is 5.38. The molecule has 0 saturated heterocycles. The average Bonchev–Trinajstić information content (AvgIpc) is 3.20. The first kappa shape index (κ1) is 20.0. The minimum atomic E-state index is -2.26. The summed E-state index contributed by atoms with van der Waals surface area (Å²) in [5.41, 5.74) is 5.66. The molecular formula is C22H26ClOSiZr. The second-order valence-electron chi connectivity index (χ2n) is 7.76. The molecule has 2 atom stereocenters. The molecule has 0 aromatic heterocycles. The van der Waals surface area contributed by atoms with Crippen LogP contribution in [-0.4, -0.2) is 13.5 Å². The van der Waals surface area contributed by atoms with Crippen molar-refractivity contribution in [2.45, 2.75) is 21.1 Å². The molecule has 0 spiro atoms. The summed E-state index contributed by atoms with van der Waals surface area (Å²) in [5.74, 6) is 1.34. The molecule has 1 nitrogen and oxygen atoms in total. The van der Waals surface area contributed by atoms with Gasteiger partial charge in [-0.05, 0) is 0 Å². The van der Waals surface area contributed by atoms with Crippen molar-refractivity contribution < 1.29 is 22.1 Å². The standard InChI is InChI=1S/C20H17O.2CH3.ClH.H2Si.Zr/c21-13-20(18-11-9-14-5-1-3-7-16(14)18)19-12-10-15-6-2-4-8-17(15)19;;;;;/h1-12,18-20H,13H2;2*1H3;1H;1H2;/q-1;;;;;+1. The van der Waals surface area contributed by atoms with Gasteiger partial charge in [-0.25, -0.2) is 0 Å². The van der Waals surface area contributed by atoms with Gasteiger partial charge < -0.3 is 0 Å². The van der Waals surface area contributed by atoms with Crippen molar-refractivity contribution in [3.05, 3.63) is 82.9 Å². The molecule has 0 bridgehead atoms. The fourth-order valence-corrected chi connectivity index (χ4v) is 6.33. The van der Waals surface area contributed by atoms with E-state index in [4.69, 9.17) is 2.81 Å². The van der Waals surface area contributed by atoms with Gasteiger partial charge in [0, 0.05) is 0 Å². The van der Waals surface area contributed by atoms with Crippen molar-refractivity contribution in [1.29, 1.82) is 0 Å². The van der Waals surface area contributed by atoms with Crippen molar-refractivity contribution in [3.63, 3.8) is 0 Å². The van der Waals surface area contributed by atoms with Crippen LogP contribution in [0.5, 0.6) is 0 Å². The Kier molecular flexibility index (Phi) is 6.24. The molecule has 2 aliphatic carbocycles. The molecule has 26 heavy (non-hydrogen) atoms. The van der Waals surface area contributed by atoms with Gasteiger partial charge in [-0.3, -0.25) is 0 Å². The molecule has 135 valence electrons. The Morgan fingerprint density at radius 2 is 1.35 bits per heavy atom. The predicted molar refractivity (Wildman–Crippen MR) is 113 cm³/mol. The maximum absolute atomic E-state index is 6.50. The quantitative estimate of drug-likeness (QED) is 0.544. The molecule has 4 rings (SSSR count). The van der Waals surface area contributed by atoms with Gasteiger partial charge in [0.05, 0.1) is 0 Å². The number of rotatable bonds is 5. The Balaban J connectivity index is 0.00000196. The van der Waals surface area contributed by atoms with Gasteiger partial charge >= 0.3 is 158 Å². The molecular weight excluding hydrogens is 435 g/mol. The molecule has 0 aliphatic heterocycles. The van der Waals surface area contributed by atoms with Crippen molar-refractivity contribution in [2.24, 2.45) is 5.92 Å². The summed E-state index contributed by atoms with van der Waals surface area (Å²) >= 11 is -2.26. The van der Waals surface area contributed by atoms with Crippen molar-refractivity contribution in [3.8, 4) is 0 Å². The molecule has 2 unspecified atom stereocenters. The van der Waals surface area contributed by atoms with E-state index in [0.29, 0.717) is 17.8 Å². The zero-order valence-electron chi connectivity index (χ0n) is 15.4. The Labute approximate surface area is 169 Å². The fourth-order valence-electron chi connectivity index (χ4n) is 4.05. The van der Waals surface area contributed by atoms with Crippen LogP contribution in [0, 0.1) is 5.92 Å². The average molecular weight is 461 g/mol. The number of halogens is 1. The van der Waals surface area contributed by atoms with Crippen LogP contribution in [0.2, 0.25) is 9.26 Å². The van der Waals surface area contributed by atoms with Gasteiger partial charge in [0.25, 0.3) is 0 Å². The van der Waals surface area contributed by atoms with Crippen molar-refractivity contribution >= 4 is 31.4 Å². The van der Waals surface area contributed by atoms with Gasteiger partial charge in [-0.15, -0.1) is 12.4 Å². The number of hydrogen-bond donors (Lipinski definition) is 0. The molecule has 2 aromatic rings. The first-order valence-corrected chi connectivity index (χ1v) is 20.9. The molecule has 2 aliphatic rings. The third-order valence-corrected chi connectivity index (χ3v) is 8.80. The SMILES string of the molecule is Cl.[CH3][Zr]([CH3])(=[SiH2])[O]CC(C1C=Cc2ccccc21)C1C=Cc2ccccc21. The molecule has 0 heterocycles. The Bertz CT molecular complexity index is 837. The second kappa shape index (κ2) is 8.10. The number of benzene rings is 2. The van der Waals surface area contributed by atoms with Gasteiger partial charge in [-0.2, -0.15) is 0 Å². The van der Waals surface area contributed by atoms with Crippen LogP contribution >= 0.6 is 12.4 Å². The van der Waals surface area contributed by atoms with E-state index in [1.165, 1.54) is 22.3 Å². The molecule has 0 radical (unpaired) electrons. The molecule has 0 fully saturated rings. The van der Waals surface area contributed by atoms with E-state index in [-0.39, 0.29) is 12.4 Å². The van der Waals surface area contributed by atoms with E-state index < -0.39 is 19.3 Å². The van der Waals surface area contributed by atoms with E-state index in [2.05, 4.69) is 89.0 Å². The summed E-state index contributed by atoms with van der Waals surface area (Å²) in [5, 5.41) is 0. The summed E-state index contributed by atoms with van der Waals surface area (Å²) in [4.78, 5) is 0. The van der Waals surface area contributed by atoms with Crippen LogP contribution in [0.1, 0.15) is 34.1 Å². The van der Waals surface area contributed by atoms with Crippen LogP contribution in [0.3, 0.4) is 0 Å². The normalized spacial score (nSPS) is 21.2. The summed E-state index contributed by atoms with van der Waals surface area (Å²) in [6.07, 6.45) is 9.38. The third-order valence-electron chi connectivity index (χ3n) is 5.27. The Morgan fingerprint density at radius 1 is 0.885 bits per heavy atom. The van der Waals surface area contributed by atoms with Crippen LogP contribution in [0.4, 0.5) is 0 Å². The summed E-state index contributed by atoms with van der Waals surface area (Å²) in [7, 11) is 0. The summed E-state index contributed by atoms with van der Waals surface area (Å²) in [6.45, 7) is 2.99. The monoisotopic (exact) mass is 459 g/mol. The number of hydrogen-bond acceptors (Lipinski definition) is 1. The van der Waals surface area contributed by atoms with E-state index in [1.807, 2.05) is 0 Å². The molecule has 2 aromatic carbocycles. The van der Waals surface area contributed by atoms with Crippen LogP contribution < -0.4 is 0 Å². The Hall–Kier alpha value is -0.730. The van der Waals surface area contributed by atoms with Gasteiger partial charge in [0.1, 0.15) is 0 Å². The maximum atomic E-state index is 6.50. The van der Waals surface area contributed by atoms with Gasteiger partial charge in [-0.1, -0.05) is 0 Å². The summed E-state index contributed by atoms with van der Waals surface area (Å²) < 4.78 is 11.2. The zero-order valence-corrected chi connectivity index (χ0v) is 20.1. The topological polar surface area (TPSA) is 9.23 Å².